The van der Waals surface area contributed by atoms with E-state index in [2.05, 4.69) is 20.8 Å². The number of carboxylic acids is 1. The first-order valence-corrected chi connectivity index (χ1v) is 6.43. The standard InChI is InChI=1S/C10H15NO3.C4H10/c12-6-2-1-3-9-4-5-11(7-9)8-10(13)14;1-4(2)3/h4-5,7,12H,1-3,6,8H2,(H,13,14);4H,1-3H3. The fourth-order valence-electron chi connectivity index (χ4n) is 1.33. The topological polar surface area (TPSA) is 62.5 Å². The number of rotatable bonds is 6. The molecule has 0 aliphatic rings. The van der Waals surface area contributed by atoms with Crippen LogP contribution >= 0.6 is 0 Å². The number of unbranched alkanes of at least 4 members (excludes halogenated alkanes) is 1. The molecule has 1 aromatic heterocycles. The van der Waals surface area contributed by atoms with Gasteiger partial charge in [0.1, 0.15) is 6.54 Å². The van der Waals surface area contributed by atoms with Crippen molar-refractivity contribution in [2.45, 2.75) is 46.6 Å². The Morgan fingerprint density at radius 1 is 1.33 bits per heavy atom. The van der Waals surface area contributed by atoms with Crippen molar-refractivity contribution < 1.29 is 15.0 Å². The van der Waals surface area contributed by atoms with E-state index in [0.29, 0.717) is 0 Å². The van der Waals surface area contributed by atoms with Crippen LogP contribution in [0.2, 0.25) is 0 Å². The van der Waals surface area contributed by atoms with Crippen LogP contribution in [0.15, 0.2) is 18.5 Å². The molecule has 0 amide bonds. The van der Waals surface area contributed by atoms with E-state index < -0.39 is 5.97 Å². The van der Waals surface area contributed by atoms with Gasteiger partial charge in [-0.25, -0.2) is 0 Å². The van der Waals surface area contributed by atoms with Crippen molar-refractivity contribution in [3.05, 3.63) is 24.0 Å². The van der Waals surface area contributed by atoms with Crippen molar-refractivity contribution >= 4 is 5.97 Å². The van der Waals surface area contributed by atoms with Gasteiger partial charge in [0, 0.05) is 19.0 Å². The molecule has 4 nitrogen and oxygen atoms in total. The first-order chi connectivity index (χ1) is 8.45. The van der Waals surface area contributed by atoms with Crippen LogP contribution in [0.25, 0.3) is 0 Å². The summed E-state index contributed by atoms with van der Waals surface area (Å²) in [5.41, 5.74) is 1.12. The van der Waals surface area contributed by atoms with Crippen molar-refractivity contribution in [3.63, 3.8) is 0 Å². The summed E-state index contributed by atoms with van der Waals surface area (Å²) in [6, 6.07) is 1.92. The number of aliphatic hydroxyl groups excluding tert-OH is 1. The Labute approximate surface area is 109 Å². The number of carbonyl (C=O) groups is 1. The van der Waals surface area contributed by atoms with Gasteiger partial charge in [-0.2, -0.15) is 0 Å². The van der Waals surface area contributed by atoms with Crippen LogP contribution in [0.5, 0.6) is 0 Å². The van der Waals surface area contributed by atoms with Gasteiger partial charge < -0.3 is 14.8 Å². The molecule has 1 heterocycles. The number of aliphatic hydroxyl groups is 1. The largest absolute Gasteiger partial charge is 0.480 e. The number of hydrogen-bond donors (Lipinski definition) is 2. The van der Waals surface area contributed by atoms with Crippen LogP contribution < -0.4 is 0 Å². The van der Waals surface area contributed by atoms with Crippen LogP contribution in [-0.4, -0.2) is 27.4 Å². The summed E-state index contributed by atoms with van der Waals surface area (Å²) >= 11 is 0. The average Bonchev–Trinajstić information content (AvgIpc) is 2.64. The van der Waals surface area contributed by atoms with Crippen LogP contribution in [0.4, 0.5) is 0 Å². The molecule has 1 aromatic rings. The zero-order valence-electron chi connectivity index (χ0n) is 11.6. The highest BCUT2D eigenvalue weighted by Gasteiger charge is 2.00. The first kappa shape index (κ1) is 16.7. The van der Waals surface area contributed by atoms with Gasteiger partial charge in [0.15, 0.2) is 0 Å². The van der Waals surface area contributed by atoms with Gasteiger partial charge in [0.25, 0.3) is 0 Å². The van der Waals surface area contributed by atoms with Gasteiger partial charge in [0.05, 0.1) is 0 Å². The average molecular weight is 255 g/mol. The number of hydrogen-bond acceptors (Lipinski definition) is 2. The van der Waals surface area contributed by atoms with E-state index >= 15 is 0 Å². The van der Waals surface area contributed by atoms with E-state index in [9.17, 15) is 4.79 Å². The highest BCUT2D eigenvalue weighted by atomic mass is 16.4. The van der Waals surface area contributed by atoms with E-state index in [1.165, 1.54) is 0 Å². The van der Waals surface area contributed by atoms with Gasteiger partial charge in [0.2, 0.25) is 0 Å². The van der Waals surface area contributed by atoms with Crippen LogP contribution in [0.3, 0.4) is 0 Å². The molecule has 0 aromatic carbocycles. The number of aliphatic carboxylic acids is 1. The second kappa shape index (κ2) is 9.71. The number of aryl methyl sites for hydroxylation is 1. The maximum atomic E-state index is 10.4. The Hall–Kier alpha value is -1.29. The van der Waals surface area contributed by atoms with Crippen molar-refractivity contribution in [3.8, 4) is 0 Å². The molecule has 0 spiro atoms. The number of aromatic nitrogens is 1. The Kier molecular flexibility index (Phi) is 9.01. The Bertz CT molecular complexity index is 329. The lowest BCUT2D eigenvalue weighted by Gasteiger charge is -1.97. The van der Waals surface area contributed by atoms with Crippen LogP contribution in [0.1, 0.15) is 39.2 Å². The minimum atomic E-state index is -0.831. The molecule has 104 valence electrons. The molecule has 0 saturated carbocycles. The fourth-order valence-corrected chi connectivity index (χ4v) is 1.33. The third kappa shape index (κ3) is 9.90. The summed E-state index contributed by atoms with van der Waals surface area (Å²) in [6.45, 7) is 6.73. The van der Waals surface area contributed by atoms with E-state index in [4.69, 9.17) is 10.2 Å². The van der Waals surface area contributed by atoms with Crippen LogP contribution in [-0.2, 0) is 17.8 Å². The normalized spacial score (nSPS) is 10.1. The zero-order chi connectivity index (χ0) is 14.0. The van der Waals surface area contributed by atoms with Gasteiger partial charge >= 0.3 is 5.97 Å². The molecule has 0 aliphatic heterocycles. The quantitative estimate of drug-likeness (QED) is 0.768. The molecule has 2 N–H and O–H groups in total. The maximum absolute atomic E-state index is 10.4. The lowest BCUT2D eigenvalue weighted by Crippen LogP contribution is -2.06. The first-order valence-electron chi connectivity index (χ1n) is 6.43. The van der Waals surface area contributed by atoms with Crippen LogP contribution in [0, 0.1) is 5.92 Å². The second-order valence-electron chi connectivity index (χ2n) is 5.00. The Morgan fingerprint density at radius 2 is 1.94 bits per heavy atom. The molecule has 18 heavy (non-hydrogen) atoms. The monoisotopic (exact) mass is 255 g/mol. The smallest absolute Gasteiger partial charge is 0.323 e. The lowest BCUT2D eigenvalue weighted by molar-refractivity contribution is -0.137. The third-order valence-corrected chi connectivity index (χ3v) is 2.00. The highest BCUT2D eigenvalue weighted by Crippen LogP contribution is 2.05. The van der Waals surface area contributed by atoms with E-state index in [0.717, 1.165) is 30.7 Å². The number of carboxylic acid groups (broad SMARTS) is 1. The van der Waals surface area contributed by atoms with E-state index in [-0.39, 0.29) is 13.2 Å². The predicted octanol–water partition coefficient (Wildman–Crippen LogP) is 2.55. The summed E-state index contributed by atoms with van der Waals surface area (Å²) in [4.78, 5) is 10.4. The second-order valence-corrected chi connectivity index (χ2v) is 5.00. The lowest BCUT2D eigenvalue weighted by atomic mass is 10.1. The predicted molar refractivity (Wildman–Crippen MR) is 72.6 cm³/mol. The maximum Gasteiger partial charge on any atom is 0.323 e. The molecule has 0 saturated heterocycles. The molecule has 0 radical (unpaired) electrons. The summed E-state index contributed by atoms with van der Waals surface area (Å²) in [7, 11) is 0. The fraction of sp³-hybridized carbons (Fsp3) is 0.643. The summed E-state index contributed by atoms with van der Waals surface area (Å²) in [6.07, 6.45) is 6.23. The molecule has 0 atom stereocenters. The van der Waals surface area contributed by atoms with Gasteiger partial charge in [-0.3, -0.25) is 4.79 Å². The van der Waals surface area contributed by atoms with Gasteiger partial charge in [-0.05, 0) is 36.8 Å². The van der Waals surface area contributed by atoms with Crippen molar-refractivity contribution in [2.24, 2.45) is 5.92 Å². The molecule has 4 heteroatoms. The molecular formula is C14H25NO3. The van der Waals surface area contributed by atoms with Crippen molar-refractivity contribution in [1.29, 1.82) is 0 Å². The molecule has 0 fully saturated rings. The highest BCUT2D eigenvalue weighted by molar-refractivity contribution is 5.66. The molecular weight excluding hydrogens is 230 g/mol. The minimum Gasteiger partial charge on any atom is -0.480 e. The summed E-state index contributed by atoms with van der Waals surface area (Å²) < 4.78 is 1.65. The van der Waals surface area contributed by atoms with E-state index in [1.54, 1.807) is 10.8 Å². The summed E-state index contributed by atoms with van der Waals surface area (Å²) in [5.74, 6) is 0.00232. The molecule has 0 bridgehead atoms. The van der Waals surface area contributed by atoms with Crippen molar-refractivity contribution in [1.82, 2.24) is 4.57 Å². The SMILES string of the molecule is CC(C)C.O=C(O)Cn1ccc(CCCCO)c1. The Morgan fingerprint density at radius 3 is 2.44 bits per heavy atom. The molecule has 1 rings (SSSR count). The van der Waals surface area contributed by atoms with E-state index in [1.807, 2.05) is 12.3 Å². The van der Waals surface area contributed by atoms with Crippen molar-refractivity contribution in [2.75, 3.05) is 6.61 Å². The zero-order valence-corrected chi connectivity index (χ0v) is 11.6. The molecule has 0 unspecified atom stereocenters. The van der Waals surface area contributed by atoms with Gasteiger partial charge in [-0.15, -0.1) is 0 Å². The minimum absolute atomic E-state index is 0.0139. The third-order valence-electron chi connectivity index (χ3n) is 2.00. The Balaban J connectivity index is 0.000000631. The number of nitrogens with zero attached hydrogens (tertiary/aromatic N) is 1. The molecule has 0 aliphatic carbocycles. The summed E-state index contributed by atoms with van der Waals surface area (Å²) in [5, 5.41) is 17.1. The van der Waals surface area contributed by atoms with Gasteiger partial charge in [-0.1, -0.05) is 20.8 Å².